The van der Waals surface area contributed by atoms with Gasteiger partial charge in [-0.1, -0.05) is 30.3 Å². The van der Waals surface area contributed by atoms with Crippen LogP contribution < -0.4 is 21.9 Å². The number of fused-ring (bicyclic) bond motifs is 1. The number of H-pyrrole nitrogens is 1. The van der Waals surface area contributed by atoms with Crippen LogP contribution in [-0.2, 0) is 16.1 Å². The summed E-state index contributed by atoms with van der Waals surface area (Å²) in [7, 11) is 0. The highest BCUT2D eigenvalue weighted by Crippen LogP contribution is 2.19. The number of benzene rings is 2. The van der Waals surface area contributed by atoms with E-state index in [1.807, 2.05) is 32.0 Å². The zero-order chi connectivity index (χ0) is 21.0. The standard InChI is InChI=1S/C21H22N4O4/c1-13-6-5-7-14(2)19(13)23-18(27)12-22-17(26)10-11-25-16-9-4-3-8-15(16)20(28)24-21(25)29/h3-9H,10-12H2,1-2H3,(H,22,26)(H,23,27)(H,24,28,29). The van der Waals surface area contributed by atoms with Crippen LogP contribution in [0.4, 0.5) is 5.69 Å². The van der Waals surface area contributed by atoms with Crippen molar-refractivity contribution in [2.45, 2.75) is 26.8 Å². The minimum absolute atomic E-state index is 0.00732. The quantitative estimate of drug-likeness (QED) is 0.587. The second kappa shape index (κ2) is 8.55. The van der Waals surface area contributed by atoms with Gasteiger partial charge in [0.2, 0.25) is 11.8 Å². The number of hydrogen-bond acceptors (Lipinski definition) is 4. The molecule has 0 unspecified atom stereocenters. The van der Waals surface area contributed by atoms with E-state index >= 15 is 0 Å². The van der Waals surface area contributed by atoms with Crippen molar-refractivity contribution in [1.29, 1.82) is 0 Å². The lowest BCUT2D eigenvalue weighted by molar-refractivity contribution is -0.124. The van der Waals surface area contributed by atoms with Gasteiger partial charge in [0.1, 0.15) is 0 Å². The molecule has 150 valence electrons. The van der Waals surface area contributed by atoms with E-state index in [0.29, 0.717) is 10.9 Å². The van der Waals surface area contributed by atoms with Crippen molar-refractivity contribution < 1.29 is 9.59 Å². The Labute approximate surface area is 166 Å². The summed E-state index contributed by atoms with van der Waals surface area (Å²) in [5.41, 5.74) is 2.03. The van der Waals surface area contributed by atoms with E-state index in [9.17, 15) is 19.2 Å². The van der Waals surface area contributed by atoms with Crippen LogP contribution >= 0.6 is 0 Å². The molecule has 0 atom stereocenters. The Hall–Kier alpha value is -3.68. The Morgan fingerprint density at radius 3 is 2.38 bits per heavy atom. The molecular weight excluding hydrogens is 372 g/mol. The lowest BCUT2D eigenvalue weighted by Crippen LogP contribution is -2.35. The predicted octanol–water partition coefficient (Wildman–Crippen LogP) is 1.45. The van der Waals surface area contributed by atoms with Gasteiger partial charge in [-0.05, 0) is 37.1 Å². The molecule has 0 aliphatic carbocycles. The molecule has 2 amide bonds. The van der Waals surface area contributed by atoms with Crippen molar-refractivity contribution in [2.75, 3.05) is 11.9 Å². The van der Waals surface area contributed by atoms with Crippen molar-refractivity contribution in [3.8, 4) is 0 Å². The summed E-state index contributed by atoms with van der Waals surface area (Å²) in [5, 5.41) is 5.73. The van der Waals surface area contributed by atoms with Gasteiger partial charge in [0.25, 0.3) is 5.56 Å². The van der Waals surface area contributed by atoms with Gasteiger partial charge in [0.15, 0.2) is 0 Å². The number of anilines is 1. The number of aromatic nitrogens is 2. The second-order valence-corrected chi connectivity index (χ2v) is 6.77. The number of carbonyl (C=O) groups is 2. The minimum Gasteiger partial charge on any atom is -0.347 e. The van der Waals surface area contributed by atoms with E-state index in [1.165, 1.54) is 4.57 Å². The molecule has 3 aromatic rings. The Morgan fingerprint density at radius 2 is 1.66 bits per heavy atom. The average Bonchev–Trinajstić information content (AvgIpc) is 2.69. The number of para-hydroxylation sites is 2. The van der Waals surface area contributed by atoms with Crippen LogP contribution in [0.1, 0.15) is 17.5 Å². The van der Waals surface area contributed by atoms with Crippen molar-refractivity contribution in [3.63, 3.8) is 0 Å². The zero-order valence-corrected chi connectivity index (χ0v) is 16.2. The molecule has 0 saturated carbocycles. The van der Waals surface area contributed by atoms with Crippen molar-refractivity contribution in [2.24, 2.45) is 0 Å². The summed E-state index contributed by atoms with van der Waals surface area (Å²) >= 11 is 0. The first-order chi connectivity index (χ1) is 13.9. The molecule has 0 saturated heterocycles. The topological polar surface area (TPSA) is 113 Å². The summed E-state index contributed by atoms with van der Waals surface area (Å²) in [6.07, 6.45) is -0.00732. The highest BCUT2D eigenvalue weighted by Gasteiger charge is 2.11. The number of aryl methyl sites for hydroxylation is 3. The summed E-state index contributed by atoms with van der Waals surface area (Å²) in [4.78, 5) is 50.5. The Balaban J connectivity index is 1.60. The molecule has 0 fully saturated rings. The molecule has 0 spiro atoms. The van der Waals surface area contributed by atoms with E-state index in [4.69, 9.17) is 0 Å². The molecular formula is C21H22N4O4. The average molecular weight is 394 g/mol. The summed E-state index contributed by atoms with van der Waals surface area (Å²) in [6, 6.07) is 12.4. The summed E-state index contributed by atoms with van der Waals surface area (Å²) < 4.78 is 1.34. The smallest absolute Gasteiger partial charge is 0.328 e. The maximum atomic E-state index is 12.1. The third-order valence-corrected chi connectivity index (χ3v) is 4.66. The molecule has 0 radical (unpaired) electrons. The van der Waals surface area contributed by atoms with E-state index in [-0.39, 0.29) is 31.3 Å². The number of aromatic amines is 1. The largest absolute Gasteiger partial charge is 0.347 e. The third kappa shape index (κ3) is 4.60. The van der Waals surface area contributed by atoms with E-state index in [0.717, 1.165) is 16.8 Å². The third-order valence-electron chi connectivity index (χ3n) is 4.66. The van der Waals surface area contributed by atoms with Crippen LogP contribution in [0, 0.1) is 13.8 Å². The zero-order valence-electron chi connectivity index (χ0n) is 16.2. The fourth-order valence-electron chi connectivity index (χ4n) is 3.14. The predicted molar refractivity (Wildman–Crippen MR) is 111 cm³/mol. The first-order valence-corrected chi connectivity index (χ1v) is 9.21. The van der Waals surface area contributed by atoms with Gasteiger partial charge in [0.05, 0.1) is 17.4 Å². The first-order valence-electron chi connectivity index (χ1n) is 9.21. The number of amides is 2. The lowest BCUT2D eigenvalue weighted by atomic mass is 10.1. The fraction of sp³-hybridized carbons (Fsp3) is 0.238. The van der Waals surface area contributed by atoms with Gasteiger partial charge in [0, 0.05) is 18.7 Å². The molecule has 0 aliphatic rings. The van der Waals surface area contributed by atoms with Gasteiger partial charge < -0.3 is 10.6 Å². The molecule has 0 bridgehead atoms. The molecule has 0 aliphatic heterocycles. The van der Waals surface area contributed by atoms with Crippen molar-refractivity contribution in [1.82, 2.24) is 14.9 Å². The van der Waals surface area contributed by atoms with Gasteiger partial charge in [-0.3, -0.25) is 23.9 Å². The van der Waals surface area contributed by atoms with Gasteiger partial charge in [-0.15, -0.1) is 0 Å². The van der Waals surface area contributed by atoms with Crippen LogP contribution in [0.25, 0.3) is 10.9 Å². The normalized spacial score (nSPS) is 10.7. The molecule has 8 heteroatoms. The van der Waals surface area contributed by atoms with Crippen LogP contribution in [0.5, 0.6) is 0 Å². The Kier molecular flexibility index (Phi) is 5.92. The maximum Gasteiger partial charge on any atom is 0.328 e. The number of nitrogens with zero attached hydrogens (tertiary/aromatic N) is 1. The van der Waals surface area contributed by atoms with Crippen molar-refractivity contribution in [3.05, 3.63) is 74.4 Å². The number of carbonyl (C=O) groups excluding carboxylic acids is 2. The van der Waals surface area contributed by atoms with E-state index in [2.05, 4.69) is 15.6 Å². The Bertz CT molecular complexity index is 1170. The highest BCUT2D eigenvalue weighted by atomic mass is 16.2. The molecule has 2 aromatic carbocycles. The SMILES string of the molecule is Cc1cccc(C)c1NC(=O)CNC(=O)CCn1c(=O)[nH]c(=O)c2ccccc21. The fourth-order valence-corrected chi connectivity index (χ4v) is 3.14. The van der Waals surface area contributed by atoms with Crippen LogP contribution in [-0.4, -0.2) is 27.9 Å². The first kappa shape index (κ1) is 20.1. The summed E-state index contributed by atoms with van der Waals surface area (Å²) in [5.74, 6) is -0.703. The van der Waals surface area contributed by atoms with Gasteiger partial charge >= 0.3 is 5.69 Å². The maximum absolute atomic E-state index is 12.1. The van der Waals surface area contributed by atoms with Gasteiger partial charge in [-0.25, -0.2) is 4.79 Å². The molecule has 3 rings (SSSR count). The molecule has 29 heavy (non-hydrogen) atoms. The van der Waals surface area contributed by atoms with Crippen LogP contribution in [0.3, 0.4) is 0 Å². The van der Waals surface area contributed by atoms with E-state index in [1.54, 1.807) is 24.3 Å². The second-order valence-electron chi connectivity index (χ2n) is 6.77. The summed E-state index contributed by atoms with van der Waals surface area (Å²) in [6.45, 7) is 3.70. The number of hydrogen-bond donors (Lipinski definition) is 3. The Morgan fingerprint density at radius 1 is 0.966 bits per heavy atom. The lowest BCUT2D eigenvalue weighted by Gasteiger charge is -2.12. The number of rotatable bonds is 6. The molecule has 8 nitrogen and oxygen atoms in total. The monoisotopic (exact) mass is 394 g/mol. The minimum atomic E-state index is -0.575. The number of nitrogens with one attached hydrogen (secondary N) is 3. The van der Waals surface area contributed by atoms with Crippen LogP contribution in [0.2, 0.25) is 0 Å². The highest BCUT2D eigenvalue weighted by molar-refractivity contribution is 5.95. The molecule has 1 aromatic heterocycles. The van der Waals surface area contributed by atoms with E-state index < -0.39 is 11.2 Å². The molecule has 3 N–H and O–H groups in total. The van der Waals surface area contributed by atoms with Crippen LogP contribution in [0.15, 0.2) is 52.1 Å². The van der Waals surface area contributed by atoms with Crippen molar-refractivity contribution >= 4 is 28.4 Å². The molecule has 1 heterocycles. The van der Waals surface area contributed by atoms with Gasteiger partial charge in [-0.2, -0.15) is 0 Å².